The van der Waals surface area contributed by atoms with Crippen molar-refractivity contribution in [3.05, 3.63) is 143 Å². The largest absolute Gasteiger partial charge is 0.487 e. The molecule has 1 saturated heterocycles. The zero-order chi connectivity index (χ0) is 83.1. The summed E-state index contributed by atoms with van der Waals surface area (Å²) in [6.07, 6.45) is -3.46. The average molecular weight is 1630 g/mol. The number of hydrogen-bond donors (Lipinski definition) is 14. The number of nitrogens with zero attached hydrogens (tertiary/aromatic N) is 5. The molecule has 39 heteroatoms. The molecule has 4 aromatic carbocycles. The number of hydrogen-bond acceptors (Lipinski definition) is 25. The summed E-state index contributed by atoms with van der Waals surface area (Å²) in [5, 5.41) is 42.2. The van der Waals surface area contributed by atoms with Crippen LogP contribution >= 0.6 is 11.8 Å². The smallest absolute Gasteiger partial charge is 0.362 e. The van der Waals surface area contributed by atoms with Crippen molar-refractivity contribution < 1.29 is 88.6 Å². The van der Waals surface area contributed by atoms with Gasteiger partial charge in [-0.1, -0.05) is 91.0 Å². The first-order valence-electron chi connectivity index (χ1n) is 36.1. The Morgan fingerprint density at radius 2 is 1.31 bits per heavy atom. The lowest BCUT2D eigenvalue weighted by atomic mass is 9.77. The van der Waals surface area contributed by atoms with Gasteiger partial charge in [0.1, 0.15) is 83.3 Å². The van der Waals surface area contributed by atoms with E-state index in [0.717, 1.165) is 18.8 Å². The first kappa shape index (κ1) is 88.1. The maximum atomic E-state index is 15.0. The molecule has 2 aliphatic rings. The van der Waals surface area contributed by atoms with Gasteiger partial charge in [0.2, 0.25) is 53.7 Å². The molecule has 0 bridgehead atoms. The Bertz CT molecular complexity index is 4610. The van der Waals surface area contributed by atoms with Gasteiger partial charge in [-0.3, -0.25) is 56.9 Å². The number of aliphatic hydroxyl groups excluding tert-OH is 2. The first-order valence-corrected chi connectivity index (χ1v) is 40.4. The highest BCUT2D eigenvalue weighted by Gasteiger charge is 2.46. The highest BCUT2D eigenvalue weighted by atomic mass is 32.2. The molecule has 2 aliphatic heterocycles. The lowest BCUT2D eigenvalue weighted by Gasteiger charge is -2.37. The minimum atomic E-state index is -5.04. The van der Waals surface area contributed by atoms with Gasteiger partial charge < -0.3 is 78.4 Å². The van der Waals surface area contributed by atoms with Gasteiger partial charge in [0.25, 0.3) is 15.9 Å². The number of nitrogen functional groups attached to an aromatic ring is 1. The zero-order valence-electron chi connectivity index (χ0n) is 64.6. The normalized spacial score (nSPS) is 18.1. The third-order valence-electron chi connectivity index (χ3n) is 18.7. The quantitative estimate of drug-likeness (QED) is 0.00818. The Labute approximate surface area is 658 Å². The summed E-state index contributed by atoms with van der Waals surface area (Å²) in [5.41, 5.74) is 13.4. The number of benzene rings is 4. The van der Waals surface area contributed by atoms with E-state index in [1.54, 1.807) is 144 Å². The van der Waals surface area contributed by atoms with Gasteiger partial charge >= 0.3 is 10.3 Å². The number of carbonyl (C=O) groups is 9. The topological polar surface area (TPSA) is 528 Å². The number of thioether (sulfide) groups is 1. The summed E-state index contributed by atoms with van der Waals surface area (Å²) in [4.78, 5) is 143. The van der Waals surface area contributed by atoms with Crippen LogP contribution in [0.5, 0.6) is 5.75 Å². The molecule has 36 nitrogen and oxygen atoms in total. The first-order chi connectivity index (χ1) is 53.2. The maximum absolute atomic E-state index is 15.0. The Balaban J connectivity index is 0.984. The van der Waals surface area contributed by atoms with Gasteiger partial charge in [-0.2, -0.15) is 20.2 Å². The van der Waals surface area contributed by atoms with Crippen LogP contribution in [0.3, 0.4) is 0 Å². The molecule has 0 saturated carbocycles. The maximum Gasteiger partial charge on any atom is 0.362 e. The molecule has 2 aromatic heterocycles. The van der Waals surface area contributed by atoms with Crippen LogP contribution in [-0.4, -0.2) is 210 Å². The van der Waals surface area contributed by atoms with E-state index in [0.29, 0.717) is 57.7 Å². The number of carbonyl (C=O) groups excluding carboxylic acids is 9. The number of aromatic nitrogens is 4. The van der Waals surface area contributed by atoms with E-state index in [1.165, 1.54) is 36.5 Å². The number of nitrogens with one attached hydrogen (secondary N) is 10. The molecule has 0 unspecified atom stereocenters. The Kier molecular flexibility index (Phi) is 29.6. The van der Waals surface area contributed by atoms with Crippen LogP contribution < -0.4 is 68.2 Å². The summed E-state index contributed by atoms with van der Waals surface area (Å²) in [6, 6.07) is 17.2. The third kappa shape index (κ3) is 22.5. The Morgan fingerprint density at radius 3 is 1.90 bits per heavy atom. The molecular formula is C74H99N17O19S3. The predicted molar refractivity (Wildman–Crippen MR) is 416 cm³/mol. The SMILES string of the molecule is CSCC[C@H](NC=O)C(=O)N[C@@H](CCCN=C(N)NS(=O)(=O)c1c(C)c(C)c2c(c1C)CC(C)(C)O2)C(=O)N[C@H](C(=O)NCC(=O)N[C@@H](CC(=O)NC(c1ccccc1)(c1ccccc1)c1ccccc1)C(=O)N[C@@H](C)C(=O)N[C@@H](C)C(=O)NS(=O)(=O)OC[C@H]1O[C@@H](n2cnc3c(N)ncnc32)[C@H](O)[C@@H]1O)[C@@H](C)OC(C)(C)C. The second kappa shape index (κ2) is 37.9. The van der Waals surface area contributed by atoms with E-state index >= 15 is 0 Å². The average Bonchev–Trinajstić information content (AvgIpc) is 1.66. The number of ether oxygens (including phenoxy) is 3. The number of anilines is 1. The van der Waals surface area contributed by atoms with Crippen molar-refractivity contribution in [3.63, 3.8) is 0 Å². The minimum Gasteiger partial charge on any atom is -0.487 e. The molecule has 16 N–H and O–H groups in total. The van der Waals surface area contributed by atoms with Crippen molar-refractivity contribution in [2.24, 2.45) is 10.7 Å². The van der Waals surface area contributed by atoms with E-state index < -0.39 is 177 Å². The van der Waals surface area contributed by atoms with Crippen molar-refractivity contribution in [1.29, 1.82) is 0 Å². The summed E-state index contributed by atoms with van der Waals surface area (Å²) >= 11 is 1.39. The van der Waals surface area contributed by atoms with Gasteiger partial charge in [-0.25, -0.2) is 32.8 Å². The summed E-state index contributed by atoms with van der Waals surface area (Å²) < 4.78 is 82.6. The molecule has 612 valence electrons. The fourth-order valence-corrected chi connectivity index (χ4v) is 15.9. The number of aliphatic hydroxyl groups is 2. The Hall–Kier alpha value is -10.4. The van der Waals surface area contributed by atoms with Crippen molar-refractivity contribution in [1.82, 2.24) is 71.5 Å². The van der Waals surface area contributed by atoms with E-state index in [2.05, 4.69) is 67.2 Å². The number of aliphatic imine (C=N–C) groups is 1. The number of sulfonamides is 1. The summed E-state index contributed by atoms with van der Waals surface area (Å²) in [7, 11) is -9.36. The summed E-state index contributed by atoms with van der Waals surface area (Å²) in [5.74, 6) is -7.70. The third-order valence-corrected chi connectivity index (χ3v) is 21.8. The number of nitrogens with two attached hydrogens (primary N) is 2. The van der Waals surface area contributed by atoms with Crippen LogP contribution in [0.2, 0.25) is 0 Å². The standard InChI is InChI=1S/C74H99N17O19S3/c1-40-41(2)61(42(3)49-34-73(10,11)110-60(40)49)112(103,104)90-71(76)77-31-22-29-51(86-66(99)50(82-39-92)30-32-111-12)67(100)87-56(45(6)109-72(7,8)9)69(102)78-35-55(94)85-52(33-54(93)88-74(46-23-16-13-17-24-46,47-25-18-14-19-26-47)48-27-20-15-21-28-48)68(101)84-43(4)64(97)83-44(5)65(98)89-113(105,106)107-36-53-58(95)59(96)70(108-53)91-38-81-57-62(75)79-37-80-63(57)91/h13-21,23-28,37-39,43-45,50-53,56,58-59,70,95-96H,22,29-36H2,1-12H3,(H,78,102)(H,82,92)(H,83,97)(H,84,101)(H,85,94)(H,86,99)(H,87,100)(H,88,93)(H,89,98)(H2,75,79,80)(H3,76,77,90)/t43-,44-,45+,50-,51-,52-,53+,56-,58+,59+,70+/m0/s1. The van der Waals surface area contributed by atoms with Crippen LogP contribution in [0.4, 0.5) is 5.82 Å². The molecular weight excluding hydrogens is 1530 g/mol. The predicted octanol–water partition coefficient (Wildman–Crippen LogP) is 0.267. The fraction of sp³-hybridized carbons (Fsp3) is 0.473. The molecule has 1 fully saturated rings. The van der Waals surface area contributed by atoms with Gasteiger partial charge in [0, 0.05) is 18.5 Å². The summed E-state index contributed by atoms with van der Waals surface area (Å²) in [6.45, 7) is 15.6. The molecule has 11 atom stereocenters. The number of fused-ring (bicyclic) bond motifs is 2. The van der Waals surface area contributed by atoms with Gasteiger partial charge in [0.05, 0.1) is 42.5 Å². The van der Waals surface area contributed by atoms with Crippen LogP contribution in [0.25, 0.3) is 11.2 Å². The van der Waals surface area contributed by atoms with Crippen molar-refractivity contribution in [2.45, 2.75) is 197 Å². The number of rotatable bonds is 37. The lowest BCUT2D eigenvalue weighted by molar-refractivity contribution is -0.139. The molecule has 0 spiro atoms. The van der Waals surface area contributed by atoms with E-state index in [1.807, 2.05) is 13.8 Å². The molecule has 0 aliphatic carbocycles. The van der Waals surface area contributed by atoms with Crippen molar-refractivity contribution >= 4 is 109 Å². The highest BCUT2D eigenvalue weighted by Crippen LogP contribution is 2.44. The number of amides is 9. The van der Waals surface area contributed by atoms with E-state index in [9.17, 15) is 70.2 Å². The molecule has 4 heterocycles. The van der Waals surface area contributed by atoms with Crippen LogP contribution in [0.1, 0.15) is 126 Å². The van der Waals surface area contributed by atoms with E-state index in [-0.39, 0.29) is 47.7 Å². The molecule has 113 heavy (non-hydrogen) atoms. The molecule has 9 amide bonds. The molecule has 0 radical (unpaired) electrons. The monoisotopic (exact) mass is 1630 g/mol. The number of imidazole rings is 1. The number of guanidine groups is 1. The second-order valence-electron chi connectivity index (χ2n) is 28.9. The van der Waals surface area contributed by atoms with Gasteiger partial charge in [-0.05, 0) is 141 Å². The van der Waals surface area contributed by atoms with Crippen molar-refractivity contribution in [3.8, 4) is 5.75 Å². The van der Waals surface area contributed by atoms with Gasteiger partial charge in [0.15, 0.2) is 17.7 Å². The van der Waals surface area contributed by atoms with Crippen LogP contribution in [0.15, 0.2) is 114 Å². The van der Waals surface area contributed by atoms with Crippen LogP contribution in [0, 0.1) is 20.8 Å². The zero-order valence-corrected chi connectivity index (χ0v) is 67.0. The minimum absolute atomic E-state index is 0.0113. The lowest BCUT2D eigenvalue weighted by Crippen LogP contribution is -2.60. The van der Waals surface area contributed by atoms with Gasteiger partial charge in [-0.15, -0.1) is 0 Å². The molecule has 6 aromatic rings. The Morgan fingerprint density at radius 1 is 0.726 bits per heavy atom. The molecule has 8 rings (SSSR count). The van der Waals surface area contributed by atoms with E-state index in [4.69, 9.17) is 29.9 Å². The fourth-order valence-electron chi connectivity index (χ4n) is 13.1. The second-order valence-corrected chi connectivity index (χ2v) is 32.9. The highest BCUT2D eigenvalue weighted by molar-refractivity contribution is 7.98. The van der Waals surface area contributed by atoms with Crippen molar-refractivity contribution in [2.75, 3.05) is 37.4 Å². The van der Waals surface area contributed by atoms with Crippen LogP contribution in [-0.2, 0) is 89.1 Å².